The summed E-state index contributed by atoms with van der Waals surface area (Å²) < 4.78 is 16.2. The van der Waals surface area contributed by atoms with Crippen molar-refractivity contribution in [3.63, 3.8) is 0 Å². The molecule has 0 radical (unpaired) electrons. The summed E-state index contributed by atoms with van der Waals surface area (Å²) in [5.41, 5.74) is 0.514. The van der Waals surface area contributed by atoms with Gasteiger partial charge in [0.15, 0.2) is 0 Å². The highest BCUT2D eigenvalue weighted by Gasteiger charge is 2.24. The molecule has 2 heterocycles. The van der Waals surface area contributed by atoms with Gasteiger partial charge in [-0.3, -0.25) is 9.69 Å². The first kappa shape index (κ1) is 19.3. The molecule has 2 aromatic rings. The summed E-state index contributed by atoms with van der Waals surface area (Å²) >= 11 is 0. The summed E-state index contributed by atoms with van der Waals surface area (Å²) in [4.78, 5) is 15.1. The third-order valence-electron chi connectivity index (χ3n) is 5.02. The Balaban J connectivity index is 1.72. The summed E-state index contributed by atoms with van der Waals surface area (Å²) in [7, 11) is 3.14. The van der Waals surface area contributed by atoms with Crippen LogP contribution in [0.2, 0.25) is 0 Å². The maximum Gasteiger partial charge on any atom is 0.251 e. The predicted octanol–water partition coefficient (Wildman–Crippen LogP) is 3.64. The maximum atomic E-state index is 12.7. The van der Waals surface area contributed by atoms with Gasteiger partial charge in [0.2, 0.25) is 0 Å². The number of ether oxygens (including phenoxy) is 2. The second kappa shape index (κ2) is 9.46. The molecule has 6 heteroatoms. The van der Waals surface area contributed by atoms with Gasteiger partial charge in [-0.2, -0.15) is 0 Å². The van der Waals surface area contributed by atoms with Crippen LogP contribution in [0.25, 0.3) is 0 Å². The molecule has 146 valence electrons. The van der Waals surface area contributed by atoms with E-state index in [0.717, 1.165) is 18.8 Å². The quantitative estimate of drug-likeness (QED) is 0.804. The largest absolute Gasteiger partial charge is 0.497 e. The number of hydrogen-bond acceptors (Lipinski definition) is 5. The average Bonchev–Trinajstić information content (AvgIpc) is 3.10. The molecular weight excluding hydrogens is 344 g/mol. The minimum absolute atomic E-state index is 0.0366. The summed E-state index contributed by atoms with van der Waals surface area (Å²) in [6.07, 6.45) is 6.57. The van der Waals surface area contributed by atoms with Crippen LogP contribution in [0.5, 0.6) is 11.5 Å². The summed E-state index contributed by atoms with van der Waals surface area (Å²) in [5.74, 6) is 1.92. The minimum atomic E-state index is -0.154. The van der Waals surface area contributed by atoms with Crippen LogP contribution >= 0.6 is 0 Å². The number of nitrogens with one attached hydrogen (secondary N) is 1. The molecule has 0 spiro atoms. The molecule has 1 N–H and O–H groups in total. The van der Waals surface area contributed by atoms with Gasteiger partial charge in [-0.15, -0.1) is 0 Å². The Hall–Kier alpha value is -2.47. The van der Waals surface area contributed by atoms with Crippen LogP contribution in [0.15, 0.2) is 41.0 Å². The monoisotopic (exact) mass is 372 g/mol. The van der Waals surface area contributed by atoms with Gasteiger partial charge in [-0.1, -0.05) is 12.8 Å². The smallest absolute Gasteiger partial charge is 0.251 e. The Morgan fingerprint density at radius 2 is 1.78 bits per heavy atom. The van der Waals surface area contributed by atoms with Crippen molar-refractivity contribution >= 4 is 5.91 Å². The zero-order valence-electron chi connectivity index (χ0n) is 16.1. The second-order valence-electron chi connectivity index (χ2n) is 6.79. The number of carbonyl (C=O) groups excluding carboxylic acids is 1. The van der Waals surface area contributed by atoms with Gasteiger partial charge in [0.05, 0.1) is 26.5 Å². The van der Waals surface area contributed by atoms with Crippen molar-refractivity contribution in [3.8, 4) is 11.5 Å². The molecule has 1 saturated heterocycles. The molecule has 0 saturated carbocycles. The second-order valence-corrected chi connectivity index (χ2v) is 6.79. The van der Waals surface area contributed by atoms with E-state index >= 15 is 0 Å². The van der Waals surface area contributed by atoms with Gasteiger partial charge in [0.1, 0.15) is 17.3 Å². The average molecular weight is 372 g/mol. The van der Waals surface area contributed by atoms with Crippen LogP contribution in [0, 0.1) is 0 Å². The van der Waals surface area contributed by atoms with Gasteiger partial charge in [0.25, 0.3) is 5.91 Å². The number of rotatable bonds is 7. The van der Waals surface area contributed by atoms with Crippen molar-refractivity contribution < 1.29 is 18.7 Å². The first-order valence-corrected chi connectivity index (χ1v) is 9.50. The minimum Gasteiger partial charge on any atom is -0.497 e. The van der Waals surface area contributed by atoms with Crippen LogP contribution in [0.3, 0.4) is 0 Å². The third kappa shape index (κ3) is 5.04. The number of benzene rings is 1. The van der Waals surface area contributed by atoms with Crippen molar-refractivity contribution in [1.82, 2.24) is 10.2 Å². The predicted molar refractivity (Wildman–Crippen MR) is 103 cm³/mol. The molecule has 0 bridgehead atoms. The Labute approximate surface area is 160 Å². The number of methoxy groups -OCH3 is 2. The Bertz CT molecular complexity index is 700. The van der Waals surface area contributed by atoms with Crippen molar-refractivity contribution in [1.29, 1.82) is 0 Å². The van der Waals surface area contributed by atoms with Crippen molar-refractivity contribution in [3.05, 3.63) is 47.9 Å². The van der Waals surface area contributed by atoms with E-state index in [1.54, 1.807) is 38.7 Å². The van der Waals surface area contributed by atoms with Crippen LogP contribution in [0.4, 0.5) is 0 Å². The molecular formula is C21H28N2O4. The topological polar surface area (TPSA) is 63.9 Å². The lowest BCUT2D eigenvalue weighted by Gasteiger charge is -2.29. The van der Waals surface area contributed by atoms with E-state index in [1.807, 2.05) is 12.1 Å². The fraction of sp³-hybridized carbons (Fsp3) is 0.476. The van der Waals surface area contributed by atoms with Crippen molar-refractivity contribution in [2.45, 2.75) is 31.7 Å². The number of likely N-dealkylation sites (tertiary alicyclic amines) is 1. The number of amides is 1. The molecule has 1 atom stereocenters. The molecule has 6 nitrogen and oxygen atoms in total. The van der Waals surface area contributed by atoms with Crippen LogP contribution < -0.4 is 14.8 Å². The number of hydrogen-bond donors (Lipinski definition) is 1. The molecule has 0 aliphatic carbocycles. The van der Waals surface area contributed by atoms with Gasteiger partial charge >= 0.3 is 0 Å². The lowest BCUT2D eigenvalue weighted by atomic mass is 10.1. The molecule has 1 aromatic carbocycles. The van der Waals surface area contributed by atoms with Crippen LogP contribution in [0.1, 0.15) is 47.8 Å². The number of nitrogens with zero attached hydrogens (tertiary/aromatic N) is 1. The first-order valence-electron chi connectivity index (χ1n) is 9.50. The highest BCUT2D eigenvalue weighted by Crippen LogP contribution is 2.25. The Kier molecular flexibility index (Phi) is 6.76. The van der Waals surface area contributed by atoms with E-state index in [1.165, 1.54) is 25.7 Å². The molecule has 3 rings (SSSR count). The van der Waals surface area contributed by atoms with E-state index in [4.69, 9.17) is 13.9 Å². The highest BCUT2D eigenvalue weighted by molar-refractivity contribution is 5.95. The summed E-state index contributed by atoms with van der Waals surface area (Å²) in [6, 6.07) is 9.09. The zero-order valence-corrected chi connectivity index (χ0v) is 16.1. The third-order valence-corrected chi connectivity index (χ3v) is 5.02. The SMILES string of the molecule is COc1cc(OC)cc(C(=O)NCC(c2ccco2)N2CCCCCC2)c1. The number of furan rings is 1. The molecule has 1 unspecified atom stereocenters. The summed E-state index contributed by atoms with van der Waals surface area (Å²) in [5, 5.41) is 3.06. The fourth-order valence-electron chi connectivity index (χ4n) is 3.53. The van der Waals surface area contributed by atoms with Gasteiger partial charge in [-0.05, 0) is 50.2 Å². The molecule has 1 aliphatic rings. The van der Waals surface area contributed by atoms with E-state index in [-0.39, 0.29) is 11.9 Å². The van der Waals surface area contributed by atoms with Crippen molar-refractivity contribution in [2.24, 2.45) is 0 Å². The van der Waals surface area contributed by atoms with Crippen molar-refractivity contribution in [2.75, 3.05) is 33.9 Å². The highest BCUT2D eigenvalue weighted by atomic mass is 16.5. The lowest BCUT2D eigenvalue weighted by molar-refractivity contribution is 0.0926. The van der Waals surface area contributed by atoms with E-state index in [0.29, 0.717) is 23.6 Å². The van der Waals surface area contributed by atoms with Crippen LogP contribution in [-0.2, 0) is 0 Å². The van der Waals surface area contributed by atoms with Gasteiger partial charge < -0.3 is 19.2 Å². The normalized spacial score (nSPS) is 16.4. The molecule has 1 amide bonds. The Morgan fingerprint density at radius 1 is 1.11 bits per heavy atom. The Morgan fingerprint density at radius 3 is 2.33 bits per heavy atom. The fourth-order valence-corrected chi connectivity index (χ4v) is 3.53. The van der Waals surface area contributed by atoms with E-state index in [9.17, 15) is 4.79 Å². The number of carbonyl (C=O) groups is 1. The molecule has 1 fully saturated rings. The van der Waals surface area contributed by atoms with Gasteiger partial charge in [0, 0.05) is 18.2 Å². The van der Waals surface area contributed by atoms with Crippen LogP contribution in [-0.4, -0.2) is 44.7 Å². The van der Waals surface area contributed by atoms with Gasteiger partial charge in [-0.25, -0.2) is 0 Å². The standard InChI is InChI=1S/C21H28N2O4/c1-25-17-12-16(13-18(14-17)26-2)21(24)22-15-19(20-8-7-11-27-20)23-9-5-3-4-6-10-23/h7-8,11-14,19H,3-6,9-10,15H2,1-2H3,(H,22,24). The van der Waals surface area contributed by atoms with E-state index in [2.05, 4.69) is 10.2 Å². The van der Waals surface area contributed by atoms with E-state index < -0.39 is 0 Å². The zero-order chi connectivity index (χ0) is 19.1. The molecule has 27 heavy (non-hydrogen) atoms. The molecule has 1 aliphatic heterocycles. The summed E-state index contributed by atoms with van der Waals surface area (Å²) in [6.45, 7) is 2.54. The first-order chi connectivity index (χ1) is 13.2. The molecule has 1 aromatic heterocycles. The lowest BCUT2D eigenvalue weighted by Crippen LogP contribution is -2.38. The maximum absolute atomic E-state index is 12.7.